The highest BCUT2D eigenvalue weighted by Gasteiger charge is 2.40. The molecule has 0 radical (unpaired) electrons. The number of aromatic amines is 1. The number of nitrogens with one attached hydrogen (secondary N) is 1. The van der Waals surface area contributed by atoms with Gasteiger partial charge in [0.25, 0.3) is 0 Å². The average molecular weight is 392 g/mol. The lowest BCUT2D eigenvalue weighted by atomic mass is 9.99. The summed E-state index contributed by atoms with van der Waals surface area (Å²) in [6.45, 7) is 5.05. The van der Waals surface area contributed by atoms with Crippen LogP contribution < -0.4 is 4.90 Å². The van der Waals surface area contributed by atoms with Crippen LogP contribution in [0.2, 0.25) is 0 Å². The van der Waals surface area contributed by atoms with Gasteiger partial charge in [0, 0.05) is 50.0 Å². The molecular weight excluding hydrogens is 368 g/mol. The van der Waals surface area contributed by atoms with Crippen molar-refractivity contribution in [2.24, 2.45) is 11.8 Å². The van der Waals surface area contributed by atoms with E-state index in [1.165, 1.54) is 0 Å². The predicted octanol–water partition coefficient (Wildman–Crippen LogP) is 1.60. The highest BCUT2D eigenvalue weighted by Crippen LogP contribution is 2.35. The van der Waals surface area contributed by atoms with Crippen molar-refractivity contribution in [3.8, 4) is 28.1 Å². The Balaban J connectivity index is 1.35. The Bertz CT molecular complexity index is 961. The number of benzene rings is 1. The fourth-order valence-corrected chi connectivity index (χ4v) is 4.63. The molecule has 29 heavy (non-hydrogen) atoms. The smallest absolute Gasteiger partial charge is 0.151 e. The van der Waals surface area contributed by atoms with Gasteiger partial charge in [-0.1, -0.05) is 0 Å². The first-order valence-electron chi connectivity index (χ1n) is 9.95. The minimum atomic E-state index is 0.193. The quantitative estimate of drug-likeness (QED) is 0.606. The van der Waals surface area contributed by atoms with Crippen LogP contribution in [-0.4, -0.2) is 74.8 Å². The normalized spacial score (nSPS) is 21.6. The number of aliphatic hydroxyl groups excluding tert-OH is 1. The predicted molar refractivity (Wildman–Crippen MR) is 109 cm³/mol. The van der Waals surface area contributed by atoms with E-state index in [1.54, 1.807) is 18.3 Å². The zero-order chi connectivity index (χ0) is 19.8. The SMILES string of the molecule is OCCN1C[C@@H]2CN(c3ccc(-c4cc(O)ccc4-c4cn[nH]c4)nn3)C[C@@H]2C1. The molecule has 8 heteroatoms. The molecule has 8 nitrogen and oxygen atoms in total. The topological polar surface area (TPSA) is 101 Å². The van der Waals surface area contributed by atoms with Crippen LogP contribution in [0.5, 0.6) is 5.75 Å². The summed E-state index contributed by atoms with van der Waals surface area (Å²) in [5.74, 6) is 2.34. The van der Waals surface area contributed by atoms with Crippen LogP contribution in [0.15, 0.2) is 42.7 Å². The Labute approximate surface area is 168 Å². The van der Waals surface area contributed by atoms with E-state index in [2.05, 4.69) is 30.2 Å². The van der Waals surface area contributed by atoms with Gasteiger partial charge in [-0.25, -0.2) is 0 Å². The molecule has 4 heterocycles. The van der Waals surface area contributed by atoms with E-state index in [9.17, 15) is 5.11 Å². The van der Waals surface area contributed by atoms with Crippen LogP contribution >= 0.6 is 0 Å². The fourth-order valence-electron chi connectivity index (χ4n) is 4.63. The number of rotatable bonds is 5. The van der Waals surface area contributed by atoms with Crippen molar-refractivity contribution in [1.29, 1.82) is 0 Å². The van der Waals surface area contributed by atoms with Crippen molar-refractivity contribution in [1.82, 2.24) is 25.3 Å². The summed E-state index contributed by atoms with van der Waals surface area (Å²) in [6, 6.07) is 9.22. The molecule has 0 saturated carbocycles. The van der Waals surface area contributed by atoms with Crippen LogP contribution in [0, 0.1) is 11.8 Å². The molecule has 2 aliphatic rings. The molecule has 2 aliphatic heterocycles. The number of anilines is 1. The monoisotopic (exact) mass is 392 g/mol. The molecule has 0 unspecified atom stereocenters. The third-order valence-corrected chi connectivity index (χ3v) is 6.04. The number of phenols is 1. The Morgan fingerprint density at radius 2 is 1.83 bits per heavy atom. The summed E-state index contributed by atoms with van der Waals surface area (Å²) >= 11 is 0. The standard InChI is InChI=1S/C21H24N6O2/c28-6-5-26-10-15-12-27(13-16(15)11-26)21-4-3-20(24-25-21)19-7-17(29)1-2-18(19)14-8-22-23-9-14/h1-4,7-9,15-16,28-29H,5-6,10-13H2,(H,22,23)/t15-,16+. The minimum Gasteiger partial charge on any atom is -0.508 e. The van der Waals surface area contributed by atoms with Crippen LogP contribution in [0.3, 0.4) is 0 Å². The highest BCUT2D eigenvalue weighted by molar-refractivity contribution is 5.82. The summed E-state index contributed by atoms with van der Waals surface area (Å²) in [7, 11) is 0. The maximum Gasteiger partial charge on any atom is 0.151 e. The molecule has 2 fully saturated rings. The van der Waals surface area contributed by atoms with Crippen molar-refractivity contribution in [3.05, 3.63) is 42.7 Å². The fraction of sp³-hybridized carbons (Fsp3) is 0.381. The summed E-state index contributed by atoms with van der Waals surface area (Å²) in [6.07, 6.45) is 3.57. The zero-order valence-corrected chi connectivity index (χ0v) is 16.1. The first-order chi connectivity index (χ1) is 14.2. The Kier molecular flexibility index (Phi) is 4.65. The van der Waals surface area contributed by atoms with E-state index in [-0.39, 0.29) is 12.4 Å². The Morgan fingerprint density at radius 3 is 2.48 bits per heavy atom. The second-order valence-electron chi connectivity index (χ2n) is 7.90. The summed E-state index contributed by atoms with van der Waals surface area (Å²) < 4.78 is 0. The Hall–Kier alpha value is -2.97. The van der Waals surface area contributed by atoms with Crippen molar-refractivity contribution in [3.63, 3.8) is 0 Å². The van der Waals surface area contributed by atoms with Gasteiger partial charge in [-0.15, -0.1) is 10.2 Å². The van der Waals surface area contributed by atoms with Gasteiger partial charge in [-0.2, -0.15) is 5.10 Å². The number of hydrogen-bond donors (Lipinski definition) is 3. The molecule has 3 aromatic rings. The minimum absolute atomic E-state index is 0.193. The Morgan fingerprint density at radius 1 is 1.00 bits per heavy atom. The van der Waals surface area contributed by atoms with Crippen molar-refractivity contribution in [2.45, 2.75) is 0 Å². The second-order valence-corrected chi connectivity index (χ2v) is 7.90. The number of aromatic hydroxyl groups is 1. The lowest BCUT2D eigenvalue weighted by molar-refractivity contribution is 0.214. The molecule has 0 aliphatic carbocycles. The molecule has 2 atom stereocenters. The molecule has 0 bridgehead atoms. The van der Waals surface area contributed by atoms with E-state index in [4.69, 9.17) is 5.11 Å². The van der Waals surface area contributed by atoms with Gasteiger partial charge in [-0.3, -0.25) is 5.10 Å². The molecule has 2 aromatic heterocycles. The number of fused-ring (bicyclic) bond motifs is 1. The van der Waals surface area contributed by atoms with Gasteiger partial charge < -0.3 is 20.0 Å². The van der Waals surface area contributed by atoms with E-state index in [1.807, 2.05) is 24.4 Å². The number of hydrogen-bond acceptors (Lipinski definition) is 7. The maximum absolute atomic E-state index is 9.98. The molecule has 5 rings (SSSR count). The summed E-state index contributed by atoms with van der Waals surface area (Å²) in [4.78, 5) is 4.66. The van der Waals surface area contributed by atoms with Gasteiger partial charge in [0.1, 0.15) is 5.75 Å². The number of aliphatic hydroxyl groups is 1. The molecule has 0 spiro atoms. The second kappa shape index (κ2) is 7.46. The van der Waals surface area contributed by atoms with E-state index >= 15 is 0 Å². The first kappa shape index (κ1) is 18.1. The molecule has 0 amide bonds. The lowest BCUT2D eigenvalue weighted by Crippen LogP contribution is -2.31. The lowest BCUT2D eigenvalue weighted by Gasteiger charge is -2.21. The number of aromatic nitrogens is 4. The van der Waals surface area contributed by atoms with Gasteiger partial charge in [0.2, 0.25) is 0 Å². The van der Waals surface area contributed by atoms with Gasteiger partial charge in [0.05, 0.1) is 18.5 Å². The molecule has 1 aromatic carbocycles. The number of likely N-dealkylation sites (tertiary alicyclic amines) is 1. The molecular formula is C21H24N6O2. The van der Waals surface area contributed by atoms with Crippen molar-refractivity contribution in [2.75, 3.05) is 44.2 Å². The molecule has 150 valence electrons. The van der Waals surface area contributed by atoms with Gasteiger partial charge >= 0.3 is 0 Å². The molecule has 2 saturated heterocycles. The van der Waals surface area contributed by atoms with Gasteiger partial charge in [0.15, 0.2) is 5.82 Å². The van der Waals surface area contributed by atoms with Crippen molar-refractivity contribution < 1.29 is 10.2 Å². The van der Waals surface area contributed by atoms with Crippen LogP contribution in [-0.2, 0) is 0 Å². The van der Waals surface area contributed by atoms with Crippen LogP contribution in [0.4, 0.5) is 5.82 Å². The summed E-state index contributed by atoms with van der Waals surface area (Å²) in [5, 5.41) is 34.9. The third-order valence-electron chi connectivity index (χ3n) is 6.04. The van der Waals surface area contributed by atoms with E-state index in [0.29, 0.717) is 11.8 Å². The van der Waals surface area contributed by atoms with Crippen LogP contribution in [0.1, 0.15) is 0 Å². The highest BCUT2D eigenvalue weighted by atomic mass is 16.3. The summed E-state index contributed by atoms with van der Waals surface area (Å²) in [5.41, 5.74) is 3.42. The number of H-pyrrole nitrogens is 1. The third kappa shape index (κ3) is 3.45. The van der Waals surface area contributed by atoms with E-state index < -0.39 is 0 Å². The number of nitrogens with zero attached hydrogens (tertiary/aromatic N) is 5. The van der Waals surface area contributed by atoms with Crippen molar-refractivity contribution >= 4 is 5.82 Å². The van der Waals surface area contributed by atoms with Crippen LogP contribution in [0.25, 0.3) is 22.4 Å². The van der Waals surface area contributed by atoms with E-state index in [0.717, 1.165) is 60.9 Å². The number of β-amino-alcohol motifs (C(OH)–C–C–N with tert-alkyl or cyclic N) is 1. The maximum atomic E-state index is 9.98. The first-order valence-corrected chi connectivity index (χ1v) is 9.95. The number of phenolic OH excluding ortho intramolecular Hbond substituents is 1. The van der Waals surface area contributed by atoms with Gasteiger partial charge in [-0.05, 0) is 47.7 Å². The zero-order valence-electron chi connectivity index (χ0n) is 16.1. The average Bonchev–Trinajstić information content (AvgIpc) is 3.45. The molecule has 3 N–H and O–H groups in total. The largest absolute Gasteiger partial charge is 0.508 e.